The molecule has 2 aromatic carbocycles. The van der Waals surface area contributed by atoms with Crippen LogP contribution in [-0.2, 0) is 16.1 Å². The molecule has 3 aromatic rings. The van der Waals surface area contributed by atoms with E-state index >= 15 is 0 Å². The van der Waals surface area contributed by atoms with Crippen molar-refractivity contribution in [1.82, 2.24) is 14.7 Å². The summed E-state index contributed by atoms with van der Waals surface area (Å²) in [5.74, 6) is -0.746. The SMILES string of the molecule is CCn1nc(C(=O)N(C)CC(=O)Nc2ccc(N3CCOCC3)cc2)c2ccccc2c1=O. The normalized spacial score (nSPS) is 13.7. The fourth-order valence-corrected chi connectivity index (χ4v) is 3.85. The van der Waals surface area contributed by atoms with Gasteiger partial charge in [0, 0.05) is 43.4 Å². The van der Waals surface area contributed by atoms with E-state index in [1.807, 2.05) is 24.3 Å². The van der Waals surface area contributed by atoms with Crippen LogP contribution in [0, 0.1) is 0 Å². The molecular weight excluding hydrogens is 422 g/mol. The van der Waals surface area contributed by atoms with E-state index in [1.165, 1.54) is 9.58 Å². The van der Waals surface area contributed by atoms with Gasteiger partial charge in [-0.05, 0) is 37.3 Å². The number of hydrogen-bond acceptors (Lipinski definition) is 6. The first-order chi connectivity index (χ1) is 16.0. The van der Waals surface area contributed by atoms with Gasteiger partial charge < -0.3 is 19.9 Å². The van der Waals surface area contributed by atoms with Crippen molar-refractivity contribution < 1.29 is 14.3 Å². The number of carbonyl (C=O) groups is 2. The summed E-state index contributed by atoms with van der Waals surface area (Å²) >= 11 is 0. The minimum atomic E-state index is -0.425. The van der Waals surface area contributed by atoms with Gasteiger partial charge in [-0.2, -0.15) is 5.10 Å². The van der Waals surface area contributed by atoms with Crippen LogP contribution in [0.1, 0.15) is 17.4 Å². The van der Waals surface area contributed by atoms with Crippen LogP contribution in [0.3, 0.4) is 0 Å². The van der Waals surface area contributed by atoms with E-state index in [4.69, 9.17) is 4.74 Å². The highest BCUT2D eigenvalue weighted by Crippen LogP contribution is 2.19. The third-order valence-electron chi connectivity index (χ3n) is 5.62. The van der Waals surface area contributed by atoms with Gasteiger partial charge in [-0.3, -0.25) is 14.4 Å². The van der Waals surface area contributed by atoms with Gasteiger partial charge in [-0.25, -0.2) is 4.68 Å². The molecule has 0 bridgehead atoms. The smallest absolute Gasteiger partial charge is 0.275 e. The fourth-order valence-electron chi connectivity index (χ4n) is 3.85. The quantitative estimate of drug-likeness (QED) is 0.618. The lowest BCUT2D eigenvalue weighted by Gasteiger charge is -2.28. The largest absolute Gasteiger partial charge is 0.378 e. The number of likely N-dealkylation sites (N-methyl/N-ethyl adjacent to an activating group) is 1. The zero-order chi connectivity index (χ0) is 23.4. The Kier molecular flexibility index (Phi) is 6.69. The van der Waals surface area contributed by atoms with E-state index in [1.54, 1.807) is 38.2 Å². The molecule has 4 rings (SSSR count). The maximum absolute atomic E-state index is 13.1. The highest BCUT2D eigenvalue weighted by Gasteiger charge is 2.21. The maximum atomic E-state index is 13.1. The van der Waals surface area contributed by atoms with Gasteiger partial charge in [-0.15, -0.1) is 0 Å². The van der Waals surface area contributed by atoms with Crippen molar-refractivity contribution in [1.29, 1.82) is 0 Å². The summed E-state index contributed by atoms with van der Waals surface area (Å²) in [6.45, 7) is 5.08. The molecule has 1 N–H and O–H groups in total. The molecule has 33 heavy (non-hydrogen) atoms. The standard InChI is InChI=1S/C24H27N5O4/c1-3-29-23(31)20-7-5-4-6-19(20)22(26-29)24(32)27(2)16-21(30)25-17-8-10-18(11-9-17)28-12-14-33-15-13-28/h4-11H,3,12-16H2,1-2H3,(H,25,30). The Morgan fingerprint density at radius 2 is 1.73 bits per heavy atom. The van der Waals surface area contributed by atoms with Crippen molar-refractivity contribution in [2.45, 2.75) is 13.5 Å². The third-order valence-corrected chi connectivity index (χ3v) is 5.62. The van der Waals surface area contributed by atoms with E-state index < -0.39 is 5.91 Å². The Bertz CT molecular complexity index is 1220. The Morgan fingerprint density at radius 3 is 2.39 bits per heavy atom. The highest BCUT2D eigenvalue weighted by atomic mass is 16.5. The number of nitrogens with zero attached hydrogens (tertiary/aromatic N) is 4. The number of hydrogen-bond donors (Lipinski definition) is 1. The molecule has 2 heterocycles. The summed E-state index contributed by atoms with van der Waals surface area (Å²) in [6.07, 6.45) is 0. The van der Waals surface area contributed by atoms with Gasteiger partial charge in [0.15, 0.2) is 5.69 Å². The Labute approximate surface area is 191 Å². The van der Waals surface area contributed by atoms with Gasteiger partial charge >= 0.3 is 0 Å². The second kappa shape index (κ2) is 9.83. The Balaban J connectivity index is 1.44. The Hall–Kier alpha value is -3.72. The van der Waals surface area contributed by atoms with E-state index in [9.17, 15) is 14.4 Å². The van der Waals surface area contributed by atoms with Crippen LogP contribution in [0.5, 0.6) is 0 Å². The maximum Gasteiger partial charge on any atom is 0.275 e. The zero-order valence-electron chi connectivity index (χ0n) is 18.8. The molecule has 0 aliphatic carbocycles. The summed E-state index contributed by atoms with van der Waals surface area (Å²) in [7, 11) is 1.54. The first kappa shape index (κ1) is 22.5. The molecule has 0 radical (unpaired) electrons. The summed E-state index contributed by atoms with van der Waals surface area (Å²) in [6, 6.07) is 14.5. The van der Waals surface area contributed by atoms with Crippen molar-refractivity contribution in [3.05, 3.63) is 64.6 Å². The van der Waals surface area contributed by atoms with Crippen molar-refractivity contribution >= 4 is 34.0 Å². The number of aryl methyl sites for hydroxylation is 1. The van der Waals surface area contributed by atoms with E-state index in [2.05, 4.69) is 15.3 Å². The van der Waals surface area contributed by atoms with E-state index in [0.717, 1.165) is 18.8 Å². The topological polar surface area (TPSA) is 96.8 Å². The molecule has 0 saturated carbocycles. The number of aromatic nitrogens is 2. The number of benzene rings is 2. The van der Waals surface area contributed by atoms with Crippen molar-refractivity contribution in [2.75, 3.05) is 50.1 Å². The number of amides is 2. The molecule has 1 aliphatic rings. The van der Waals surface area contributed by atoms with Gasteiger partial charge in [-0.1, -0.05) is 18.2 Å². The minimum absolute atomic E-state index is 0.148. The second-order valence-corrected chi connectivity index (χ2v) is 7.87. The lowest BCUT2D eigenvalue weighted by molar-refractivity contribution is -0.116. The molecule has 9 nitrogen and oxygen atoms in total. The molecule has 172 valence electrons. The number of morpholine rings is 1. The number of nitrogens with one attached hydrogen (secondary N) is 1. The molecule has 1 saturated heterocycles. The van der Waals surface area contributed by atoms with Crippen LogP contribution in [0.2, 0.25) is 0 Å². The zero-order valence-corrected chi connectivity index (χ0v) is 18.8. The molecule has 0 unspecified atom stereocenters. The molecule has 0 atom stereocenters. The summed E-state index contributed by atoms with van der Waals surface area (Å²) in [5, 5.41) is 7.98. The number of rotatable bonds is 6. The summed E-state index contributed by atoms with van der Waals surface area (Å²) in [4.78, 5) is 41.7. The van der Waals surface area contributed by atoms with Crippen LogP contribution >= 0.6 is 0 Å². The summed E-state index contributed by atoms with van der Waals surface area (Å²) < 4.78 is 6.64. The van der Waals surface area contributed by atoms with Crippen LogP contribution in [-0.4, -0.2) is 66.4 Å². The highest BCUT2D eigenvalue weighted by molar-refractivity contribution is 6.06. The predicted octanol–water partition coefficient (Wildman–Crippen LogP) is 1.96. The van der Waals surface area contributed by atoms with Crippen LogP contribution in [0.15, 0.2) is 53.3 Å². The van der Waals surface area contributed by atoms with Crippen molar-refractivity contribution in [3.63, 3.8) is 0 Å². The van der Waals surface area contributed by atoms with E-state index in [-0.39, 0.29) is 23.7 Å². The van der Waals surface area contributed by atoms with Gasteiger partial charge in [0.25, 0.3) is 11.5 Å². The fraction of sp³-hybridized carbons (Fsp3) is 0.333. The minimum Gasteiger partial charge on any atom is -0.378 e. The van der Waals surface area contributed by atoms with Crippen molar-refractivity contribution in [3.8, 4) is 0 Å². The first-order valence-electron chi connectivity index (χ1n) is 11.0. The molecule has 1 aliphatic heterocycles. The number of fused-ring (bicyclic) bond motifs is 1. The lowest BCUT2D eigenvalue weighted by atomic mass is 10.1. The molecule has 2 amide bonds. The average Bonchev–Trinajstić information content (AvgIpc) is 2.85. The number of carbonyl (C=O) groups excluding carboxylic acids is 2. The molecule has 1 fully saturated rings. The molecular formula is C24H27N5O4. The van der Waals surface area contributed by atoms with Crippen molar-refractivity contribution in [2.24, 2.45) is 0 Å². The van der Waals surface area contributed by atoms with E-state index in [0.29, 0.717) is 36.2 Å². The average molecular weight is 450 g/mol. The molecule has 1 aromatic heterocycles. The molecule has 0 spiro atoms. The van der Waals surface area contributed by atoms with Gasteiger partial charge in [0.1, 0.15) is 0 Å². The monoisotopic (exact) mass is 449 g/mol. The predicted molar refractivity (Wildman–Crippen MR) is 127 cm³/mol. The van der Waals surface area contributed by atoms with Gasteiger partial charge in [0.05, 0.1) is 25.1 Å². The van der Waals surface area contributed by atoms with Crippen LogP contribution in [0.25, 0.3) is 10.8 Å². The number of ether oxygens (including phenoxy) is 1. The second-order valence-electron chi connectivity index (χ2n) is 7.87. The van der Waals surface area contributed by atoms with Gasteiger partial charge in [0.2, 0.25) is 5.91 Å². The van der Waals surface area contributed by atoms with Crippen LogP contribution in [0.4, 0.5) is 11.4 Å². The molecule has 9 heteroatoms. The third kappa shape index (κ3) is 4.88. The lowest BCUT2D eigenvalue weighted by Crippen LogP contribution is -2.37. The Morgan fingerprint density at radius 1 is 1.06 bits per heavy atom. The summed E-state index contributed by atoms with van der Waals surface area (Å²) in [5.41, 5.74) is 1.64. The van der Waals surface area contributed by atoms with Crippen LogP contribution < -0.4 is 15.8 Å². The number of anilines is 2. The first-order valence-corrected chi connectivity index (χ1v) is 11.0.